The Labute approximate surface area is 268 Å². The lowest BCUT2D eigenvalue weighted by Gasteiger charge is -2.36. The highest BCUT2D eigenvalue weighted by atomic mass is 16.3. The van der Waals surface area contributed by atoms with Crippen molar-refractivity contribution in [2.75, 3.05) is 0 Å². The molecular formula is C35H45NO10. The van der Waals surface area contributed by atoms with E-state index in [1.807, 2.05) is 0 Å². The van der Waals surface area contributed by atoms with E-state index in [2.05, 4.69) is 5.32 Å². The highest BCUT2D eigenvalue weighted by Gasteiger charge is 2.41. The van der Waals surface area contributed by atoms with Crippen LogP contribution in [0.15, 0.2) is 47.2 Å². The summed E-state index contributed by atoms with van der Waals surface area (Å²) in [5, 5.41) is 68.5. The van der Waals surface area contributed by atoms with Crippen LogP contribution in [0.4, 0.5) is 0 Å². The summed E-state index contributed by atoms with van der Waals surface area (Å²) in [5.74, 6) is -8.25. The number of rotatable bonds is 0. The number of allylic oxidation sites excluding steroid dienone is 5. The zero-order valence-electron chi connectivity index (χ0n) is 27.4. The Morgan fingerprint density at radius 1 is 0.609 bits per heavy atom. The molecule has 1 aliphatic carbocycles. The molecule has 0 aromatic heterocycles. The summed E-state index contributed by atoms with van der Waals surface area (Å²) in [4.78, 5) is 53.8. The fourth-order valence-corrected chi connectivity index (χ4v) is 6.21. The Morgan fingerprint density at radius 3 is 1.63 bits per heavy atom. The number of phenolic OH excluding ortho intramolecular Hbond substituents is 2. The second-order valence-electron chi connectivity index (χ2n) is 12.8. The summed E-state index contributed by atoms with van der Waals surface area (Å²) in [5.41, 5.74) is -2.36. The van der Waals surface area contributed by atoms with Gasteiger partial charge < -0.3 is 36.0 Å². The van der Waals surface area contributed by atoms with Gasteiger partial charge in [0.05, 0.1) is 46.8 Å². The van der Waals surface area contributed by atoms with Crippen molar-refractivity contribution in [3.8, 4) is 11.5 Å². The topological polar surface area (TPSA) is 202 Å². The number of aliphatic hydroxyl groups is 4. The Balaban J connectivity index is 2.21. The molecule has 0 spiro atoms. The lowest BCUT2D eigenvalue weighted by Crippen LogP contribution is -2.45. The highest BCUT2D eigenvalue weighted by Crippen LogP contribution is 2.43. The van der Waals surface area contributed by atoms with E-state index in [0.29, 0.717) is 0 Å². The molecule has 0 unspecified atom stereocenters. The number of fused-ring (bicyclic) bond motifs is 15. The SMILES string of the molecule is CC1=C2NC(=O)/C=C\C=C/[C@H](C)[C@H](O)[C@@H](C)[C@@H](O)[C@@H](C)[C@H](O)[C@H](C)[C@@H](O)[C@@H](C)/C=C(/C)C(=O)c3c(O)c(C)c(O)c(c3C1=O)C2=O. The third-order valence-corrected chi connectivity index (χ3v) is 9.51. The minimum Gasteiger partial charge on any atom is -0.507 e. The van der Waals surface area contributed by atoms with Gasteiger partial charge in [0.2, 0.25) is 11.7 Å². The van der Waals surface area contributed by atoms with Gasteiger partial charge in [0, 0.05) is 46.8 Å². The van der Waals surface area contributed by atoms with Crippen LogP contribution in [0.3, 0.4) is 0 Å². The lowest BCUT2D eigenvalue weighted by atomic mass is 9.77. The first-order chi connectivity index (χ1) is 21.3. The van der Waals surface area contributed by atoms with Gasteiger partial charge in [0.15, 0.2) is 11.6 Å². The van der Waals surface area contributed by atoms with Gasteiger partial charge in [-0.05, 0) is 26.3 Å². The zero-order chi connectivity index (χ0) is 34.9. The summed E-state index contributed by atoms with van der Waals surface area (Å²) < 4.78 is 0. The fourth-order valence-electron chi connectivity index (χ4n) is 6.21. The fraction of sp³-hybridized carbons (Fsp3) is 0.486. The number of carbonyl (C=O) groups is 4. The van der Waals surface area contributed by atoms with Crippen molar-refractivity contribution >= 4 is 23.3 Å². The van der Waals surface area contributed by atoms with Crippen molar-refractivity contribution in [1.29, 1.82) is 0 Å². The molecule has 250 valence electrons. The number of ketones is 3. The van der Waals surface area contributed by atoms with Crippen LogP contribution in [0, 0.1) is 36.5 Å². The molecular weight excluding hydrogens is 594 g/mol. The standard InChI is InChI=1S/C35H45NO10/c1-14-11-9-10-12-22(37)36-26-17(4)32(43)23-24(33(44)21(8)34(45)25(23)35(26)46)29(40)16(3)13-15(2)28(39)19(6)31(42)20(7)30(41)18(5)27(14)38/h9-15,18-20,27-28,30-31,38-39,41-42,44-45H,1-8H3,(H,36,37)/b11-9-,12-10-,16-13-/t14-,15-,18+,19+,20+,27-,28-,30+,31+/m0/s1. The van der Waals surface area contributed by atoms with Crippen molar-refractivity contribution in [2.45, 2.75) is 79.8 Å². The predicted molar refractivity (Wildman–Crippen MR) is 170 cm³/mol. The predicted octanol–water partition coefficient (Wildman–Crippen LogP) is 3.05. The van der Waals surface area contributed by atoms with E-state index in [1.165, 1.54) is 39.0 Å². The molecule has 1 aromatic rings. The Morgan fingerprint density at radius 2 is 1.09 bits per heavy atom. The van der Waals surface area contributed by atoms with E-state index in [9.17, 15) is 49.8 Å². The molecule has 2 heterocycles. The molecule has 0 saturated heterocycles. The van der Waals surface area contributed by atoms with Crippen molar-refractivity contribution in [1.82, 2.24) is 5.32 Å². The third-order valence-electron chi connectivity index (χ3n) is 9.51. The second-order valence-corrected chi connectivity index (χ2v) is 12.8. The van der Waals surface area contributed by atoms with Gasteiger partial charge in [0.25, 0.3) is 0 Å². The van der Waals surface area contributed by atoms with Crippen molar-refractivity contribution in [3.63, 3.8) is 0 Å². The molecule has 46 heavy (non-hydrogen) atoms. The Hall–Kier alpha value is -3.90. The molecule has 9 atom stereocenters. The summed E-state index contributed by atoms with van der Waals surface area (Å²) in [7, 11) is 0. The van der Waals surface area contributed by atoms with Gasteiger partial charge in [-0.3, -0.25) is 19.2 Å². The molecule has 4 bridgehead atoms. The largest absolute Gasteiger partial charge is 0.507 e. The molecule has 1 aromatic carbocycles. The highest BCUT2D eigenvalue weighted by molar-refractivity contribution is 6.32. The molecule has 1 amide bonds. The Bertz CT molecular complexity index is 1550. The smallest absolute Gasteiger partial charge is 0.248 e. The van der Waals surface area contributed by atoms with E-state index < -0.39 is 111 Å². The van der Waals surface area contributed by atoms with E-state index in [1.54, 1.807) is 40.7 Å². The first-order valence-electron chi connectivity index (χ1n) is 15.3. The number of benzene rings is 1. The first kappa shape index (κ1) is 36.6. The molecule has 7 N–H and O–H groups in total. The van der Waals surface area contributed by atoms with E-state index >= 15 is 0 Å². The van der Waals surface area contributed by atoms with Crippen LogP contribution >= 0.6 is 0 Å². The van der Waals surface area contributed by atoms with Crippen LogP contribution in [0.2, 0.25) is 0 Å². The molecule has 0 saturated carbocycles. The minimum absolute atomic E-state index is 0.00616. The van der Waals surface area contributed by atoms with Gasteiger partial charge >= 0.3 is 0 Å². The maximum atomic E-state index is 13.8. The number of phenols is 2. The van der Waals surface area contributed by atoms with Crippen LogP contribution in [0.1, 0.15) is 85.1 Å². The average molecular weight is 640 g/mol. The monoisotopic (exact) mass is 639 g/mol. The first-order valence-corrected chi connectivity index (χ1v) is 15.3. The summed E-state index contributed by atoms with van der Waals surface area (Å²) in [6.07, 6.45) is 2.38. The van der Waals surface area contributed by atoms with Crippen LogP contribution in [-0.4, -0.2) is 78.3 Å². The number of nitrogens with one attached hydrogen (secondary N) is 1. The number of aliphatic hydroxyl groups excluding tert-OH is 4. The van der Waals surface area contributed by atoms with Crippen LogP contribution in [0.5, 0.6) is 11.5 Å². The molecule has 11 nitrogen and oxygen atoms in total. The molecule has 0 radical (unpaired) electrons. The van der Waals surface area contributed by atoms with Gasteiger partial charge in [-0.2, -0.15) is 0 Å². The van der Waals surface area contributed by atoms with E-state index in [4.69, 9.17) is 0 Å². The summed E-state index contributed by atoms with van der Waals surface area (Å²) in [6, 6.07) is 0. The number of carbonyl (C=O) groups excluding carboxylic acids is 4. The van der Waals surface area contributed by atoms with Crippen molar-refractivity contribution in [2.24, 2.45) is 29.6 Å². The molecule has 2 aliphatic heterocycles. The molecule has 4 rings (SSSR count). The third kappa shape index (κ3) is 6.78. The number of hydrogen-bond acceptors (Lipinski definition) is 10. The quantitative estimate of drug-likeness (QED) is 0.221. The van der Waals surface area contributed by atoms with Crippen molar-refractivity contribution in [3.05, 3.63) is 69.5 Å². The van der Waals surface area contributed by atoms with Gasteiger partial charge in [-0.25, -0.2) is 0 Å². The minimum atomic E-state index is -1.20. The second kappa shape index (κ2) is 14.3. The normalized spacial score (nSPS) is 34.6. The number of aromatic hydroxyl groups is 2. The Kier molecular flexibility index (Phi) is 11.3. The lowest BCUT2D eigenvalue weighted by molar-refractivity contribution is -0.115. The van der Waals surface area contributed by atoms with E-state index in [0.717, 1.165) is 6.08 Å². The maximum absolute atomic E-state index is 13.8. The van der Waals surface area contributed by atoms with Gasteiger partial charge in [-0.1, -0.05) is 58.9 Å². The summed E-state index contributed by atoms with van der Waals surface area (Å²) in [6.45, 7) is 12.1. The van der Waals surface area contributed by atoms with Crippen LogP contribution < -0.4 is 5.32 Å². The average Bonchev–Trinajstić information content (AvgIpc) is 3.02. The molecule has 11 heteroatoms. The van der Waals surface area contributed by atoms with Gasteiger partial charge in [-0.15, -0.1) is 0 Å². The van der Waals surface area contributed by atoms with Gasteiger partial charge in [0.1, 0.15) is 11.5 Å². The number of amides is 1. The van der Waals surface area contributed by atoms with E-state index in [-0.39, 0.29) is 16.7 Å². The molecule has 3 aliphatic rings. The zero-order valence-corrected chi connectivity index (χ0v) is 27.4. The maximum Gasteiger partial charge on any atom is 0.248 e. The number of Topliss-reactive ketones (excluding diaryl/α,β-unsaturated/α-hetero) is 3. The van der Waals surface area contributed by atoms with Crippen LogP contribution in [0.25, 0.3) is 0 Å². The van der Waals surface area contributed by atoms with Crippen molar-refractivity contribution < 1.29 is 49.8 Å². The van der Waals surface area contributed by atoms with Crippen LogP contribution in [-0.2, 0) is 4.79 Å². The summed E-state index contributed by atoms with van der Waals surface area (Å²) >= 11 is 0. The number of hydrogen-bond donors (Lipinski definition) is 7. The molecule has 0 fully saturated rings.